The second-order valence-electron chi connectivity index (χ2n) is 4.01. The van der Waals surface area contributed by atoms with Crippen LogP contribution in [0.15, 0.2) is 21.7 Å². The van der Waals surface area contributed by atoms with Gasteiger partial charge in [0.1, 0.15) is 0 Å². The summed E-state index contributed by atoms with van der Waals surface area (Å²) in [5.74, 6) is 0.586. The molecule has 0 amide bonds. The number of morpholine rings is 1. The van der Waals surface area contributed by atoms with Crippen molar-refractivity contribution in [2.45, 2.75) is 0 Å². The molecule has 18 heavy (non-hydrogen) atoms. The molecule has 0 spiro atoms. The lowest BCUT2D eigenvalue weighted by Crippen LogP contribution is -2.38. The first-order chi connectivity index (χ1) is 8.75. The van der Waals surface area contributed by atoms with Crippen LogP contribution in [0.1, 0.15) is 0 Å². The standard InChI is InChI=1S/C11H11BrN4O2/c12-8-6-13-5-7-9(8)14-11(15-10(7)17)16-1-3-18-4-2-16/h5-6H,1-4H2,(H,14,15,17). The number of nitrogens with one attached hydrogen (secondary N) is 1. The first kappa shape index (κ1) is 11.6. The SMILES string of the molecule is O=c1[nH]c(N2CCOCC2)nc2c(Br)cncc12. The maximum atomic E-state index is 12.0. The Morgan fingerprint density at radius 2 is 2.11 bits per heavy atom. The predicted molar refractivity (Wildman–Crippen MR) is 70.9 cm³/mol. The molecule has 3 heterocycles. The van der Waals surface area contributed by atoms with Gasteiger partial charge in [-0.15, -0.1) is 0 Å². The first-order valence-corrected chi connectivity index (χ1v) is 6.41. The molecular weight excluding hydrogens is 300 g/mol. The molecule has 7 heteroatoms. The van der Waals surface area contributed by atoms with E-state index in [2.05, 4.69) is 30.9 Å². The molecule has 0 bridgehead atoms. The second kappa shape index (κ2) is 4.66. The minimum absolute atomic E-state index is 0.171. The normalized spacial score (nSPS) is 16.2. The number of H-pyrrole nitrogens is 1. The highest BCUT2D eigenvalue weighted by atomic mass is 79.9. The molecule has 1 saturated heterocycles. The van der Waals surface area contributed by atoms with Crippen LogP contribution in [-0.2, 0) is 4.74 Å². The fraction of sp³-hybridized carbons (Fsp3) is 0.364. The molecule has 1 N–H and O–H groups in total. The Morgan fingerprint density at radius 1 is 1.33 bits per heavy atom. The molecule has 3 rings (SSSR count). The van der Waals surface area contributed by atoms with Gasteiger partial charge in [0.15, 0.2) is 0 Å². The van der Waals surface area contributed by atoms with Crippen LogP contribution < -0.4 is 10.5 Å². The van der Waals surface area contributed by atoms with Gasteiger partial charge in [-0.1, -0.05) is 0 Å². The molecular formula is C11H11BrN4O2. The molecule has 0 atom stereocenters. The molecule has 2 aromatic rings. The fourth-order valence-electron chi connectivity index (χ4n) is 1.94. The topological polar surface area (TPSA) is 71.1 Å². The maximum Gasteiger partial charge on any atom is 0.261 e. The molecule has 0 radical (unpaired) electrons. The van der Waals surface area contributed by atoms with Crippen LogP contribution >= 0.6 is 15.9 Å². The van der Waals surface area contributed by atoms with Crippen molar-refractivity contribution in [3.63, 3.8) is 0 Å². The Hall–Kier alpha value is -1.47. The number of nitrogens with zero attached hydrogens (tertiary/aromatic N) is 3. The van der Waals surface area contributed by atoms with Gasteiger partial charge in [0.05, 0.1) is 28.6 Å². The van der Waals surface area contributed by atoms with Gasteiger partial charge in [0, 0.05) is 25.5 Å². The number of fused-ring (bicyclic) bond motifs is 1. The predicted octanol–water partition coefficient (Wildman–Crippen LogP) is 0.917. The van der Waals surface area contributed by atoms with Crippen molar-refractivity contribution in [2.75, 3.05) is 31.2 Å². The second-order valence-corrected chi connectivity index (χ2v) is 4.86. The summed E-state index contributed by atoms with van der Waals surface area (Å²) in [7, 11) is 0. The Labute approximate surface area is 111 Å². The van der Waals surface area contributed by atoms with Gasteiger partial charge in [0.2, 0.25) is 5.95 Å². The first-order valence-electron chi connectivity index (χ1n) is 5.62. The summed E-state index contributed by atoms with van der Waals surface area (Å²) >= 11 is 3.37. The van der Waals surface area contributed by atoms with Crippen LogP contribution in [0.25, 0.3) is 10.9 Å². The van der Waals surface area contributed by atoms with Gasteiger partial charge in [-0.05, 0) is 15.9 Å². The molecule has 0 aromatic carbocycles. The van der Waals surface area contributed by atoms with Crippen molar-refractivity contribution in [2.24, 2.45) is 0 Å². The van der Waals surface area contributed by atoms with Crippen LogP contribution in [0, 0.1) is 0 Å². The zero-order valence-electron chi connectivity index (χ0n) is 9.52. The Morgan fingerprint density at radius 3 is 2.89 bits per heavy atom. The van der Waals surface area contributed by atoms with E-state index >= 15 is 0 Å². The van der Waals surface area contributed by atoms with Gasteiger partial charge < -0.3 is 9.64 Å². The van der Waals surface area contributed by atoms with Crippen LogP contribution in [0.5, 0.6) is 0 Å². The number of hydrogen-bond donors (Lipinski definition) is 1. The number of pyridine rings is 1. The summed E-state index contributed by atoms with van der Waals surface area (Å²) in [5, 5.41) is 0.487. The molecule has 1 aliphatic heterocycles. The number of halogens is 1. The molecule has 0 aliphatic carbocycles. The summed E-state index contributed by atoms with van der Waals surface area (Å²) in [6.45, 7) is 2.77. The summed E-state index contributed by atoms with van der Waals surface area (Å²) in [5.41, 5.74) is 0.463. The van der Waals surface area contributed by atoms with Crippen molar-refractivity contribution in [1.29, 1.82) is 0 Å². The number of hydrogen-bond acceptors (Lipinski definition) is 5. The third-order valence-corrected chi connectivity index (χ3v) is 3.45. The number of aromatic nitrogens is 3. The average molecular weight is 311 g/mol. The van der Waals surface area contributed by atoms with E-state index in [1.807, 2.05) is 4.90 Å². The van der Waals surface area contributed by atoms with E-state index in [-0.39, 0.29) is 5.56 Å². The van der Waals surface area contributed by atoms with E-state index in [4.69, 9.17) is 4.74 Å². The van der Waals surface area contributed by atoms with E-state index < -0.39 is 0 Å². The highest BCUT2D eigenvalue weighted by Crippen LogP contribution is 2.20. The van der Waals surface area contributed by atoms with Crippen molar-refractivity contribution in [3.8, 4) is 0 Å². The van der Waals surface area contributed by atoms with Crippen LogP contribution in [-0.4, -0.2) is 41.3 Å². The van der Waals surface area contributed by atoms with Gasteiger partial charge in [-0.2, -0.15) is 0 Å². The van der Waals surface area contributed by atoms with Crippen LogP contribution in [0.4, 0.5) is 5.95 Å². The lowest BCUT2D eigenvalue weighted by molar-refractivity contribution is 0.122. The number of ether oxygens (including phenoxy) is 1. The summed E-state index contributed by atoms with van der Waals surface area (Å²) in [6.07, 6.45) is 3.16. The summed E-state index contributed by atoms with van der Waals surface area (Å²) in [4.78, 5) is 25.2. The van der Waals surface area contributed by atoms with E-state index in [1.54, 1.807) is 6.20 Å². The van der Waals surface area contributed by atoms with Gasteiger partial charge in [-0.3, -0.25) is 14.8 Å². The highest BCUT2D eigenvalue weighted by molar-refractivity contribution is 9.10. The molecule has 1 fully saturated rings. The van der Waals surface area contributed by atoms with E-state index in [0.29, 0.717) is 30.1 Å². The number of anilines is 1. The number of rotatable bonds is 1. The van der Waals surface area contributed by atoms with Crippen LogP contribution in [0.2, 0.25) is 0 Å². The van der Waals surface area contributed by atoms with Crippen molar-refractivity contribution < 1.29 is 4.74 Å². The highest BCUT2D eigenvalue weighted by Gasteiger charge is 2.15. The zero-order valence-corrected chi connectivity index (χ0v) is 11.1. The van der Waals surface area contributed by atoms with Gasteiger partial charge in [0.25, 0.3) is 5.56 Å². The monoisotopic (exact) mass is 310 g/mol. The Balaban J connectivity index is 2.14. The number of aromatic amines is 1. The molecule has 94 valence electrons. The third kappa shape index (κ3) is 1.99. The fourth-order valence-corrected chi connectivity index (χ4v) is 2.36. The van der Waals surface area contributed by atoms with Crippen molar-refractivity contribution >= 4 is 32.8 Å². The minimum Gasteiger partial charge on any atom is -0.378 e. The third-order valence-electron chi connectivity index (χ3n) is 2.87. The average Bonchev–Trinajstić information content (AvgIpc) is 2.41. The molecule has 0 unspecified atom stereocenters. The lowest BCUT2D eigenvalue weighted by Gasteiger charge is -2.27. The quantitative estimate of drug-likeness (QED) is 0.848. The molecule has 6 nitrogen and oxygen atoms in total. The van der Waals surface area contributed by atoms with E-state index in [9.17, 15) is 4.79 Å². The van der Waals surface area contributed by atoms with E-state index in [0.717, 1.165) is 17.6 Å². The summed E-state index contributed by atoms with van der Waals surface area (Å²) < 4.78 is 6.00. The lowest BCUT2D eigenvalue weighted by atomic mass is 10.3. The summed E-state index contributed by atoms with van der Waals surface area (Å²) in [6, 6.07) is 0. The van der Waals surface area contributed by atoms with Crippen molar-refractivity contribution in [3.05, 3.63) is 27.2 Å². The maximum absolute atomic E-state index is 12.0. The van der Waals surface area contributed by atoms with Gasteiger partial charge in [-0.25, -0.2) is 4.98 Å². The molecule has 0 saturated carbocycles. The smallest absolute Gasteiger partial charge is 0.261 e. The van der Waals surface area contributed by atoms with E-state index in [1.165, 1.54) is 6.20 Å². The minimum atomic E-state index is -0.171. The Kier molecular flexibility index (Phi) is 3.00. The zero-order chi connectivity index (χ0) is 12.5. The Bertz CT molecular complexity index is 636. The van der Waals surface area contributed by atoms with Crippen LogP contribution in [0.3, 0.4) is 0 Å². The molecule has 1 aliphatic rings. The largest absolute Gasteiger partial charge is 0.378 e. The van der Waals surface area contributed by atoms with Crippen molar-refractivity contribution in [1.82, 2.24) is 15.0 Å². The molecule has 2 aromatic heterocycles. The van der Waals surface area contributed by atoms with Gasteiger partial charge >= 0.3 is 0 Å².